The van der Waals surface area contributed by atoms with E-state index in [-0.39, 0.29) is 12.3 Å². The van der Waals surface area contributed by atoms with Gasteiger partial charge in [0, 0.05) is 0 Å². The Balaban J connectivity index is 2.45. The molecule has 0 radical (unpaired) electrons. The van der Waals surface area contributed by atoms with Gasteiger partial charge < -0.3 is 4.52 Å². The quantitative estimate of drug-likeness (QED) is 0.644. The summed E-state index contributed by atoms with van der Waals surface area (Å²) in [6.07, 6.45) is 2.87. The van der Waals surface area contributed by atoms with Gasteiger partial charge in [-0.1, -0.05) is 20.3 Å². The lowest BCUT2D eigenvalue weighted by molar-refractivity contribution is 0.157. The van der Waals surface area contributed by atoms with Crippen molar-refractivity contribution < 1.29 is 13.3 Å². The second-order valence-corrected chi connectivity index (χ2v) is 5.48. The van der Waals surface area contributed by atoms with Crippen LogP contribution in [0.15, 0.2) is 0 Å². The van der Waals surface area contributed by atoms with Crippen molar-refractivity contribution in [1.82, 2.24) is 0 Å². The lowest BCUT2D eigenvalue weighted by atomic mass is 10.1. The van der Waals surface area contributed by atoms with E-state index in [2.05, 4.69) is 0 Å². The largest absolute Gasteiger partial charge is 0.367 e. The lowest BCUT2D eigenvalue weighted by Gasteiger charge is -2.17. The van der Waals surface area contributed by atoms with E-state index in [1.54, 1.807) is 6.92 Å². The van der Waals surface area contributed by atoms with E-state index in [0.717, 1.165) is 19.3 Å². The summed E-state index contributed by atoms with van der Waals surface area (Å²) >= 11 is 0. The predicted molar refractivity (Wildman–Crippen MR) is 47.1 cm³/mol. The molecular weight excluding hydrogens is 178 g/mol. The summed E-state index contributed by atoms with van der Waals surface area (Å²) in [7, 11) is -3.76. The van der Waals surface area contributed by atoms with E-state index in [0.29, 0.717) is 5.92 Å². The molecule has 1 aliphatic carbocycles. The van der Waals surface area contributed by atoms with Crippen LogP contribution in [-0.2, 0) is 9.09 Å². The lowest BCUT2D eigenvalue weighted by Crippen LogP contribution is -2.13. The molecule has 3 atom stereocenters. The van der Waals surface area contributed by atoms with E-state index in [1.807, 2.05) is 6.92 Å². The van der Waals surface area contributed by atoms with Crippen molar-refractivity contribution in [2.75, 3.05) is 6.16 Å². The van der Waals surface area contributed by atoms with Crippen LogP contribution < -0.4 is 0 Å². The van der Waals surface area contributed by atoms with Crippen LogP contribution in [0, 0.1) is 5.92 Å². The van der Waals surface area contributed by atoms with Crippen LogP contribution in [0.25, 0.3) is 0 Å². The fraction of sp³-hybridized carbons (Fsp3) is 1.00. The van der Waals surface area contributed by atoms with Gasteiger partial charge in [0.15, 0.2) is 0 Å². The van der Waals surface area contributed by atoms with E-state index in [9.17, 15) is 8.76 Å². The Morgan fingerprint density at radius 1 is 1.58 bits per heavy atom. The molecule has 1 aliphatic rings. The van der Waals surface area contributed by atoms with E-state index < -0.39 is 7.68 Å². The Kier molecular flexibility index (Phi) is 3.30. The van der Waals surface area contributed by atoms with Crippen LogP contribution in [0.5, 0.6) is 0 Å². The fourth-order valence-electron chi connectivity index (χ4n) is 1.54. The van der Waals surface area contributed by atoms with Crippen molar-refractivity contribution in [3.05, 3.63) is 0 Å². The number of hydrogen-bond donors (Lipinski definition) is 0. The Morgan fingerprint density at radius 2 is 2.25 bits per heavy atom. The van der Waals surface area contributed by atoms with Crippen molar-refractivity contribution in [2.45, 2.75) is 39.2 Å². The monoisotopic (exact) mass is 194 g/mol. The first-order chi connectivity index (χ1) is 5.55. The first kappa shape index (κ1) is 10.2. The van der Waals surface area contributed by atoms with Crippen LogP contribution in [0.1, 0.15) is 33.1 Å². The molecule has 3 unspecified atom stereocenters. The molecule has 0 N–H and O–H groups in total. The summed E-state index contributed by atoms with van der Waals surface area (Å²) in [5, 5.41) is 0. The molecule has 2 nitrogen and oxygen atoms in total. The molecule has 72 valence electrons. The molecule has 1 rings (SSSR count). The molecule has 0 aliphatic heterocycles. The molecule has 12 heavy (non-hydrogen) atoms. The third-order valence-electron chi connectivity index (χ3n) is 2.45. The zero-order chi connectivity index (χ0) is 9.19. The van der Waals surface area contributed by atoms with Crippen LogP contribution in [0.4, 0.5) is 4.20 Å². The maximum Gasteiger partial charge on any atom is 0.367 e. The van der Waals surface area contributed by atoms with Gasteiger partial charge in [0.25, 0.3) is 0 Å². The van der Waals surface area contributed by atoms with Gasteiger partial charge >= 0.3 is 7.68 Å². The molecular formula is C8H16FO2P. The minimum Gasteiger partial charge on any atom is -0.302 e. The van der Waals surface area contributed by atoms with Gasteiger partial charge in [0.2, 0.25) is 0 Å². The Hall–Kier alpha value is 0.120. The highest BCUT2D eigenvalue weighted by atomic mass is 31.2. The van der Waals surface area contributed by atoms with Gasteiger partial charge in [-0.05, 0) is 18.8 Å². The van der Waals surface area contributed by atoms with Crippen molar-refractivity contribution in [3.63, 3.8) is 0 Å². The van der Waals surface area contributed by atoms with E-state index >= 15 is 0 Å². The highest BCUT2D eigenvalue weighted by Gasteiger charge is 2.31. The highest BCUT2D eigenvalue weighted by molar-refractivity contribution is 7.53. The zero-order valence-corrected chi connectivity index (χ0v) is 8.52. The molecule has 0 amide bonds. The van der Waals surface area contributed by atoms with Gasteiger partial charge in [0.1, 0.15) is 0 Å². The Labute approximate surface area is 73.1 Å². The standard InChI is InChI=1S/C8H16FO2P/c1-3-12(9,10)11-8-6-4-5-7(8)2/h7-8H,3-6H2,1-2H3. The molecule has 0 heterocycles. The fourth-order valence-corrected chi connectivity index (χ4v) is 2.41. The molecule has 0 aromatic heterocycles. The topological polar surface area (TPSA) is 26.3 Å². The summed E-state index contributed by atoms with van der Waals surface area (Å²) in [6.45, 7) is 3.58. The van der Waals surface area contributed by atoms with E-state index in [4.69, 9.17) is 4.52 Å². The van der Waals surface area contributed by atoms with Crippen LogP contribution in [0.2, 0.25) is 0 Å². The zero-order valence-electron chi connectivity index (χ0n) is 7.62. The minimum atomic E-state index is -3.76. The van der Waals surface area contributed by atoms with Crippen molar-refractivity contribution in [1.29, 1.82) is 0 Å². The second kappa shape index (κ2) is 3.89. The molecule has 1 saturated carbocycles. The molecule has 0 aromatic carbocycles. The Morgan fingerprint density at radius 3 is 2.67 bits per heavy atom. The maximum atomic E-state index is 13.0. The smallest absolute Gasteiger partial charge is 0.302 e. The minimum absolute atomic E-state index is 0.00375. The van der Waals surface area contributed by atoms with Gasteiger partial charge in [-0.25, -0.2) is 0 Å². The molecule has 0 spiro atoms. The maximum absolute atomic E-state index is 13.0. The van der Waals surface area contributed by atoms with Crippen molar-refractivity contribution >= 4 is 7.68 Å². The summed E-state index contributed by atoms with van der Waals surface area (Å²) in [5.41, 5.74) is 0. The van der Waals surface area contributed by atoms with Crippen LogP contribution in [-0.4, -0.2) is 12.3 Å². The van der Waals surface area contributed by atoms with Crippen LogP contribution >= 0.6 is 7.68 Å². The Bertz CT molecular complexity index is 195. The van der Waals surface area contributed by atoms with Gasteiger partial charge in [-0.2, -0.15) is 4.20 Å². The molecule has 0 aromatic rings. The summed E-state index contributed by atoms with van der Waals surface area (Å²) in [4.78, 5) is 0. The highest BCUT2D eigenvalue weighted by Crippen LogP contribution is 2.51. The first-order valence-electron chi connectivity index (χ1n) is 4.52. The van der Waals surface area contributed by atoms with Gasteiger partial charge in [-0.15, -0.1) is 0 Å². The molecule has 0 bridgehead atoms. The molecule has 0 saturated heterocycles. The predicted octanol–water partition coefficient (Wildman–Crippen LogP) is 3.37. The van der Waals surface area contributed by atoms with Crippen molar-refractivity contribution in [2.24, 2.45) is 5.92 Å². The third-order valence-corrected chi connectivity index (χ3v) is 3.79. The summed E-state index contributed by atoms with van der Waals surface area (Å²) in [5.74, 6) is 0.362. The summed E-state index contributed by atoms with van der Waals surface area (Å²) < 4.78 is 28.9. The molecule has 4 heteroatoms. The number of rotatable bonds is 3. The van der Waals surface area contributed by atoms with E-state index in [1.165, 1.54) is 0 Å². The van der Waals surface area contributed by atoms with Gasteiger partial charge in [-0.3, -0.25) is 4.57 Å². The van der Waals surface area contributed by atoms with Crippen LogP contribution in [0.3, 0.4) is 0 Å². The summed E-state index contributed by atoms with van der Waals surface area (Å²) in [6, 6.07) is 0. The third kappa shape index (κ3) is 2.56. The second-order valence-electron chi connectivity index (χ2n) is 3.46. The number of hydrogen-bond acceptors (Lipinski definition) is 2. The SMILES string of the molecule is CCP(=O)(F)OC1CCCC1C. The molecule has 1 fully saturated rings. The average molecular weight is 194 g/mol. The average Bonchev–Trinajstić information content (AvgIpc) is 2.36. The number of halogens is 1. The first-order valence-corrected chi connectivity index (χ1v) is 6.22. The van der Waals surface area contributed by atoms with Gasteiger partial charge in [0.05, 0.1) is 12.3 Å². The normalized spacial score (nSPS) is 34.9. The van der Waals surface area contributed by atoms with Crippen molar-refractivity contribution in [3.8, 4) is 0 Å².